The zero-order chi connectivity index (χ0) is 16.4. The summed E-state index contributed by atoms with van der Waals surface area (Å²) in [6.07, 6.45) is 10.7. The van der Waals surface area contributed by atoms with Gasteiger partial charge < -0.3 is 10.2 Å². The molecule has 2 nitrogen and oxygen atoms in total. The molecular weight excluding hydrogens is 291 g/mol. The Labute approximate surface area is 136 Å². The van der Waals surface area contributed by atoms with Crippen molar-refractivity contribution < 1.29 is 14.6 Å². The third-order valence-corrected chi connectivity index (χ3v) is 7.21. The lowest BCUT2D eigenvalue weighted by Crippen LogP contribution is -2.50. The number of phenols is 1. The SMILES string of the molecule is C#C[C@]1(O)CCC2C3CCc4c(ccc(O)c4F)C3CC[C@@]21C. The molecule has 0 saturated heterocycles. The van der Waals surface area contributed by atoms with Crippen molar-refractivity contribution in [1.29, 1.82) is 0 Å². The largest absolute Gasteiger partial charge is 0.505 e. The Balaban J connectivity index is 1.74. The summed E-state index contributed by atoms with van der Waals surface area (Å²) in [5.74, 6) is 3.16. The van der Waals surface area contributed by atoms with Crippen LogP contribution < -0.4 is 0 Å². The van der Waals surface area contributed by atoms with E-state index in [0.29, 0.717) is 36.2 Å². The first-order valence-electron chi connectivity index (χ1n) is 8.61. The minimum atomic E-state index is -0.997. The van der Waals surface area contributed by atoms with Crippen LogP contribution in [0.5, 0.6) is 5.75 Å². The van der Waals surface area contributed by atoms with Crippen molar-refractivity contribution >= 4 is 0 Å². The van der Waals surface area contributed by atoms with Gasteiger partial charge in [0.05, 0.1) is 0 Å². The summed E-state index contributed by atoms with van der Waals surface area (Å²) in [7, 11) is 0. The molecule has 4 rings (SSSR count). The number of aliphatic hydroxyl groups is 1. The predicted molar refractivity (Wildman–Crippen MR) is 86.5 cm³/mol. The molecule has 1 aromatic carbocycles. The summed E-state index contributed by atoms with van der Waals surface area (Å²) < 4.78 is 14.2. The van der Waals surface area contributed by atoms with E-state index in [2.05, 4.69) is 12.8 Å². The van der Waals surface area contributed by atoms with Gasteiger partial charge in [0.1, 0.15) is 5.60 Å². The molecule has 2 N–H and O–H groups in total. The number of hydrogen-bond donors (Lipinski definition) is 2. The molecule has 1 aromatic rings. The van der Waals surface area contributed by atoms with Gasteiger partial charge in [-0.25, -0.2) is 4.39 Å². The monoisotopic (exact) mass is 314 g/mol. The quantitative estimate of drug-likeness (QED) is 0.716. The number of benzene rings is 1. The molecule has 122 valence electrons. The first-order valence-corrected chi connectivity index (χ1v) is 8.61. The second-order valence-electron chi connectivity index (χ2n) is 7.88. The van der Waals surface area contributed by atoms with E-state index in [0.717, 1.165) is 31.2 Å². The Morgan fingerprint density at radius 2 is 2.04 bits per heavy atom. The van der Waals surface area contributed by atoms with Gasteiger partial charge in [-0.3, -0.25) is 0 Å². The number of terminal acetylenes is 1. The smallest absolute Gasteiger partial charge is 0.168 e. The molecule has 0 radical (unpaired) electrons. The van der Waals surface area contributed by atoms with Gasteiger partial charge in [0.25, 0.3) is 0 Å². The van der Waals surface area contributed by atoms with Crippen molar-refractivity contribution in [3.63, 3.8) is 0 Å². The zero-order valence-corrected chi connectivity index (χ0v) is 13.5. The molecule has 0 bridgehead atoms. The normalized spacial score (nSPS) is 41.6. The molecule has 0 heterocycles. The molecule has 23 heavy (non-hydrogen) atoms. The fraction of sp³-hybridized carbons (Fsp3) is 0.600. The lowest BCUT2D eigenvalue weighted by Gasteiger charge is -2.52. The molecule has 3 heteroatoms. The van der Waals surface area contributed by atoms with E-state index in [1.807, 2.05) is 6.07 Å². The summed E-state index contributed by atoms with van der Waals surface area (Å²) in [5.41, 5.74) is 0.536. The third kappa shape index (κ3) is 1.79. The fourth-order valence-electron chi connectivity index (χ4n) is 5.87. The van der Waals surface area contributed by atoms with Gasteiger partial charge in [-0.2, -0.15) is 0 Å². The molecule has 0 aliphatic heterocycles. The van der Waals surface area contributed by atoms with Crippen LogP contribution in [0.15, 0.2) is 12.1 Å². The molecule has 2 fully saturated rings. The van der Waals surface area contributed by atoms with Gasteiger partial charge in [-0.05, 0) is 73.5 Å². The lowest BCUT2D eigenvalue weighted by molar-refractivity contribution is -0.0648. The highest BCUT2D eigenvalue weighted by Gasteiger charge is 2.61. The number of fused-ring (bicyclic) bond motifs is 5. The minimum absolute atomic E-state index is 0.226. The van der Waals surface area contributed by atoms with Crippen LogP contribution >= 0.6 is 0 Å². The van der Waals surface area contributed by atoms with Crippen LogP contribution in [0.1, 0.15) is 56.1 Å². The van der Waals surface area contributed by atoms with E-state index in [-0.39, 0.29) is 11.2 Å². The molecule has 5 atom stereocenters. The van der Waals surface area contributed by atoms with E-state index >= 15 is 0 Å². The van der Waals surface area contributed by atoms with Crippen LogP contribution in [0, 0.1) is 35.4 Å². The van der Waals surface area contributed by atoms with Crippen molar-refractivity contribution in [3.8, 4) is 18.1 Å². The van der Waals surface area contributed by atoms with Crippen molar-refractivity contribution in [2.24, 2.45) is 17.3 Å². The highest BCUT2D eigenvalue weighted by Crippen LogP contribution is 2.64. The molecule has 0 amide bonds. The summed E-state index contributed by atoms with van der Waals surface area (Å²) in [4.78, 5) is 0. The van der Waals surface area contributed by atoms with Crippen LogP contribution in [-0.2, 0) is 6.42 Å². The Hall–Kier alpha value is -1.53. The summed E-state index contributed by atoms with van der Waals surface area (Å²) in [6.45, 7) is 2.15. The number of aromatic hydroxyl groups is 1. The minimum Gasteiger partial charge on any atom is -0.505 e. The lowest BCUT2D eigenvalue weighted by atomic mass is 9.53. The maximum absolute atomic E-state index is 14.2. The van der Waals surface area contributed by atoms with Crippen LogP contribution in [0.4, 0.5) is 4.39 Å². The van der Waals surface area contributed by atoms with Crippen molar-refractivity contribution in [2.75, 3.05) is 0 Å². The van der Waals surface area contributed by atoms with Gasteiger partial charge >= 0.3 is 0 Å². The summed E-state index contributed by atoms with van der Waals surface area (Å²) in [6, 6.07) is 3.38. The maximum Gasteiger partial charge on any atom is 0.168 e. The fourth-order valence-corrected chi connectivity index (χ4v) is 5.87. The maximum atomic E-state index is 14.2. The van der Waals surface area contributed by atoms with E-state index in [1.165, 1.54) is 6.07 Å². The highest BCUT2D eigenvalue weighted by atomic mass is 19.1. The van der Waals surface area contributed by atoms with Crippen molar-refractivity contribution in [2.45, 2.75) is 57.0 Å². The van der Waals surface area contributed by atoms with E-state index in [1.54, 1.807) is 0 Å². The van der Waals surface area contributed by atoms with Gasteiger partial charge in [0.2, 0.25) is 0 Å². The van der Waals surface area contributed by atoms with E-state index in [4.69, 9.17) is 6.42 Å². The standard InChI is InChI=1S/C20H23FO2/c1-3-20(23)11-9-16-14-4-5-15-12(6-7-17(22)18(15)21)13(14)8-10-19(16,20)2/h1,6-7,13-14,16,22-23H,4-5,8-11H2,2H3/t13?,14?,16?,19-,20-/m0/s1. The van der Waals surface area contributed by atoms with Crippen molar-refractivity contribution in [3.05, 3.63) is 29.1 Å². The highest BCUT2D eigenvalue weighted by molar-refractivity contribution is 5.42. The Morgan fingerprint density at radius 3 is 2.78 bits per heavy atom. The van der Waals surface area contributed by atoms with Gasteiger partial charge in [-0.1, -0.05) is 18.9 Å². The average molecular weight is 314 g/mol. The zero-order valence-electron chi connectivity index (χ0n) is 13.5. The Bertz CT molecular complexity index is 706. The molecule has 3 unspecified atom stereocenters. The number of hydrogen-bond acceptors (Lipinski definition) is 2. The van der Waals surface area contributed by atoms with Crippen molar-refractivity contribution in [1.82, 2.24) is 0 Å². The topological polar surface area (TPSA) is 40.5 Å². The molecule has 3 aliphatic carbocycles. The summed E-state index contributed by atoms with van der Waals surface area (Å²) in [5, 5.41) is 20.5. The third-order valence-electron chi connectivity index (χ3n) is 7.21. The number of rotatable bonds is 0. The number of halogens is 1. The molecule has 2 saturated carbocycles. The van der Waals surface area contributed by atoms with E-state index < -0.39 is 11.4 Å². The van der Waals surface area contributed by atoms with E-state index in [9.17, 15) is 14.6 Å². The second kappa shape index (κ2) is 4.74. The predicted octanol–water partition coefficient (Wildman–Crippen LogP) is 3.75. The van der Waals surface area contributed by atoms with Gasteiger partial charge in [0, 0.05) is 5.41 Å². The Kier molecular flexibility index (Phi) is 3.09. The van der Waals surface area contributed by atoms with Crippen LogP contribution in [0.25, 0.3) is 0 Å². The van der Waals surface area contributed by atoms with Crippen LogP contribution in [0.2, 0.25) is 0 Å². The molecule has 0 spiro atoms. The molecular formula is C20H23FO2. The number of phenolic OH excluding ortho intramolecular Hbond substituents is 1. The summed E-state index contributed by atoms with van der Waals surface area (Å²) >= 11 is 0. The second-order valence-corrected chi connectivity index (χ2v) is 7.88. The first-order chi connectivity index (χ1) is 10.9. The van der Waals surface area contributed by atoms with Crippen LogP contribution in [-0.4, -0.2) is 15.8 Å². The first kappa shape index (κ1) is 15.0. The van der Waals surface area contributed by atoms with Gasteiger partial charge in [0.15, 0.2) is 11.6 Å². The average Bonchev–Trinajstić information content (AvgIpc) is 2.83. The molecule has 3 aliphatic rings. The molecule has 0 aromatic heterocycles. The Morgan fingerprint density at radius 1 is 1.26 bits per heavy atom. The van der Waals surface area contributed by atoms with Crippen LogP contribution in [0.3, 0.4) is 0 Å². The van der Waals surface area contributed by atoms with Gasteiger partial charge in [-0.15, -0.1) is 6.42 Å².